The number of aromatic nitrogens is 2. The summed E-state index contributed by atoms with van der Waals surface area (Å²) in [6, 6.07) is 4.83. The molecule has 0 unspecified atom stereocenters. The lowest BCUT2D eigenvalue weighted by atomic mass is 10.0. The number of nitrogens with zero attached hydrogens (tertiary/aromatic N) is 2. The molecule has 2 rings (SSSR count). The van der Waals surface area contributed by atoms with Crippen molar-refractivity contribution in [3.8, 4) is 11.3 Å². The van der Waals surface area contributed by atoms with Gasteiger partial charge >= 0.3 is 0 Å². The van der Waals surface area contributed by atoms with Crippen molar-refractivity contribution in [3.05, 3.63) is 45.6 Å². The number of aryl methyl sites for hydroxylation is 1. The van der Waals surface area contributed by atoms with Gasteiger partial charge in [0, 0.05) is 29.8 Å². The number of nitro benzene ring substituents is 1. The molecule has 0 amide bonds. The highest BCUT2D eigenvalue weighted by molar-refractivity contribution is 5.69. The summed E-state index contributed by atoms with van der Waals surface area (Å²) in [5.74, 6) is 0. The summed E-state index contributed by atoms with van der Waals surface area (Å²) in [7, 11) is 1.84. The first-order valence-corrected chi connectivity index (χ1v) is 5.55. The highest BCUT2D eigenvalue weighted by Gasteiger charge is 2.14. The number of nitrogens with one attached hydrogen (secondary N) is 2. The third-order valence-corrected chi connectivity index (χ3v) is 2.79. The predicted molar refractivity (Wildman–Crippen MR) is 68.2 cm³/mol. The van der Waals surface area contributed by atoms with Crippen LogP contribution in [0.2, 0.25) is 0 Å². The van der Waals surface area contributed by atoms with E-state index in [4.69, 9.17) is 0 Å². The first-order chi connectivity index (χ1) is 8.63. The van der Waals surface area contributed by atoms with Crippen LogP contribution in [0.4, 0.5) is 5.69 Å². The van der Waals surface area contributed by atoms with Crippen molar-refractivity contribution in [2.45, 2.75) is 13.5 Å². The van der Waals surface area contributed by atoms with E-state index in [0.29, 0.717) is 6.54 Å². The van der Waals surface area contributed by atoms with E-state index in [0.717, 1.165) is 22.4 Å². The van der Waals surface area contributed by atoms with E-state index in [1.165, 1.54) is 6.07 Å². The lowest BCUT2D eigenvalue weighted by molar-refractivity contribution is -0.384. The number of rotatable bonds is 4. The molecule has 94 valence electrons. The van der Waals surface area contributed by atoms with Crippen LogP contribution in [0.15, 0.2) is 24.4 Å². The molecule has 0 atom stereocenters. The SMILES string of the molecule is CNCc1cn[nH]c1-c1cc([N+](=O)[O-])ccc1C. The van der Waals surface area contributed by atoms with Crippen molar-refractivity contribution in [1.82, 2.24) is 15.5 Å². The van der Waals surface area contributed by atoms with E-state index in [2.05, 4.69) is 15.5 Å². The van der Waals surface area contributed by atoms with Gasteiger partial charge in [0.05, 0.1) is 16.8 Å². The highest BCUT2D eigenvalue weighted by Crippen LogP contribution is 2.28. The van der Waals surface area contributed by atoms with Gasteiger partial charge in [-0.25, -0.2) is 0 Å². The number of H-pyrrole nitrogens is 1. The van der Waals surface area contributed by atoms with E-state index in [1.807, 2.05) is 14.0 Å². The Kier molecular flexibility index (Phi) is 3.38. The summed E-state index contributed by atoms with van der Waals surface area (Å²) in [5.41, 5.74) is 3.68. The molecule has 6 heteroatoms. The highest BCUT2D eigenvalue weighted by atomic mass is 16.6. The van der Waals surface area contributed by atoms with Crippen LogP contribution in [0.3, 0.4) is 0 Å². The summed E-state index contributed by atoms with van der Waals surface area (Å²) in [5, 5.41) is 20.8. The average molecular weight is 246 g/mol. The zero-order chi connectivity index (χ0) is 13.1. The predicted octanol–water partition coefficient (Wildman–Crippen LogP) is 2.01. The lowest BCUT2D eigenvalue weighted by Gasteiger charge is -2.06. The molecule has 0 aliphatic rings. The minimum atomic E-state index is -0.392. The van der Waals surface area contributed by atoms with Gasteiger partial charge in [0.1, 0.15) is 0 Å². The van der Waals surface area contributed by atoms with Crippen molar-refractivity contribution in [3.63, 3.8) is 0 Å². The van der Waals surface area contributed by atoms with Gasteiger partial charge in [-0.15, -0.1) is 0 Å². The Morgan fingerprint density at radius 3 is 2.94 bits per heavy atom. The molecule has 2 N–H and O–H groups in total. The molecule has 18 heavy (non-hydrogen) atoms. The van der Waals surface area contributed by atoms with Gasteiger partial charge < -0.3 is 5.32 Å². The number of non-ortho nitro benzene ring substituents is 1. The number of aromatic amines is 1. The minimum Gasteiger partial charge on any atom is -0.316 e. The molecule has 2 aromatic rings. The van der Waals surface area contributed by atoms with Crippen molar-refractivity contribution < 1.29 is 4.92 Å². The van der Waals surface area contributed by atoms with Crippen LogP contribution < -0.4 is 5.32 Å². The molecule has 6 nitrogen and oxygen atoms in total. The van der Waals surface area contributed by atoms with E-state index < -0.39 is 4.92 Å². The monoisotopic (exact) mass is 246 g/mol. The van der Waals surface area contributed by atoms with Crippen LogP contribution in [0.5, 0.6) is 0 Å². The second kappa shape index (κ2) is 4.97. The smallest absolute Gasteiger partial charge is 0.270 e. The molecule has 0 spiro atoms. The Labute approximate surface area is 104 Å². The summed E-state index contributed by atoms with van der Waals surface area (Å²) in [4.78, 5) is 10.4. The van der Waals surface area contributed by atoms with Gasteiger partial charge in [-0.2, -0.15) is 5.10 Å². The normalized spacial score (nSPS) is 10.6. The Hall–Kier alpha value is -2.21. The maximum Gasteiger partial charge on any atom is 0.270 e. The molecule has 0 fully saturated rings. The zero-order valence-corrected chi connectivity index (χ0v) is 10.2. The molecular formula is C12H14N4O2. The van der Waals surface area contributed by atoms with Crippen LogP contribution in [-0.2, 0) is 6.54 Å². The first kappa shape index (κ1) is 12.3. The molecule has 0 radical (unpaired) electrons. The molecule has 0 saturated carbocycles. The maximum absolute atomic E-state index is 10.8. The quantitative estimate of drug-likeness (QED) is 0.638. The maximum atomic E-state index is 10.8. The minimum absolute atomic E-state index is 0.0839. The van der Waals surface area contributed by atoms with Crippen molar-refractivity contribution in [1.29, 1.82) is 0 Å². The molecule has 1 aromatic heterocycles. The number of nitro groups is 1. The van der Waals surface area contributed by atoms with Crippen LogP contribution >= 0.6 is 0 Å². The van der Waals surface area contributed by atoms with Crippen molar-refractivity contribution in [2.24, 2.45) is 0 Å². The van der Waals surface area contributed by atoms with Gasteiger partial charge in [-0.1, -0.05) is 6.07 Å². The fraction of sp³-hybridized carbons (Fsp3) is 0.250. The standard InChI is InChI=1S/C12H14N4O2/c1-8-3-4-10(16(17)18)5-11(8)12-9(6-13-2)7-14-15-12/h3-5,7,13H,6H2,1-2H3,(H,14,15). The Morgan fingerprint density at radius 2 is 2.28 bits per heavy atom. The molecule has 0 aliphatic heterocycles. The van der Waals surface area contributed by atoms with Gasteiger partial charge in [-0.3, -0.25) is 15.2 Å². The fourth-order valence-electron chi connectivity index (χ4n) is 1.86. The van der Waals surface area contributed by atoms with Crippen molar-refractivity contribution >= 4 is 5.69 Å². The van der Waals surface area contributed by atoms with E-state index >= 15 is 0 Å². The largest absolute Gasteiger partial charge is 0.316 e. The third kappa shape index (κ3) is 2.23. The fourth-order valence-corrected chi connectivity index (χ4v) is 1.86. The Morgan fingerprint density at radius 1 is 1.50 bits per heavy atom. The van der Waals surface area contributed by atoms with Crippen LogP contribution in [0, 0.1) is 17.0 Å². The summed E-state index contributed by atoms with van der Waals surface area (Å²) >= 11 is 0. The Balaban J connectivity index is 2.52. The first-order valence-electron chi connectivity index (χ1n) is 5.55. The number of benzene rings is 1. The summed E-state index contributed by atoms with van der Waals surface area (Å²) < 4.78 is 0. The van der Waals surface area contributed by atoms with E-state index in [1.54, 1.807) is 18.3 Å². The van der Waals surface area contributed by atoms with Crippen LogP contribution in [0.25, 0.3) is 11.3 Å². The lowest BCUT2D eigenvalue weighted by Crippen LogP contribution is -2.05. The van der Waals surface area contributed by atoms with Gasteiger partial charge in [0.2, 0.25) is 0 Å². The van der Waals surface area contributed by atoms with Gasteiger partial charge in [0.15, 0.2) is 0 Å². The molecule has 1 heterocycles. The molecule has 0 aliphatic carbocycles. The Bertz CT molecular complexity index is 577. The third-order valence-electron chi connectivity index (χ3n) is 2.79. The molecule has 1 aromatic carbocycles. The second-order valence-electron chi connectivity index (χ2n) is 4.06. The number of hydrogen-bond donors (Lipinski definition) is 2. The molecule has 0 saturated heterocycles. The average Bonchev–Trinajstić information content (AvgIpc) is 2.78. The van der Waals surface area contributed by atoms with E-state index in [-0.39, 0.29) is 5.69 Å². The summed E-state index contributed by atoms with van der Waals surface area (Å²) in [6.45, 7) is 2.58. The topological polar surface area (TPSA) is 83.8 Å². The number of hydrogen-bond acceptors (Lipinski definition) is 4. The zero-order valence-electron chi connectivity index (χ0n) is 10.2. The van der Waals surface area contributed by atoms with Gasteiger partial charge in [-0.05, 0) is 19.5 Å². The van der Waals surface area contributed by atoms with Crippen molar-refractivity contribution in [2.75, 3.05) is 7.05 Å². The van der Waals surface area contributed by atoms with Crippen LogP contribution in [-0.4, -0.2) is 22.2 Å². The van der Waals surface area contributed by atoms with E-state index in [9.17, 15) is 10.1 Å². The molecule has 0 bridgehead atoms. The van der Waals surface area contributed by atoms with Crippen LogP contribution in [0.1, 0.15) is 11.1 Å². The summed E-state index contributed by atoms with van der Waals surface area (Å²) in [6.07, 6.45) is 1.73. The second-order valence-corrected chi connectivity index (χ2v) is 4.06. The molecular weight excluding hydrogens is 232 g/mol. The van der Waals surface area contributed by atoms with Gasteiger partial charge in [0.25, 0.3) is 5.69 Å².